The number of aromatic nitrogens is 1. The summed E-state index contributed by atoms with van der Waals surface area (Å²) in [5, 5.41) is 1.78. The molecular formula is C22H26ClN3O2S. The van der Waals surface area contributed by atoms with Crippen molar-refractivity contribution in [2.24, 2.45) is 0 Å². The van der Waals surface area contributed by atoms with Gasteiger partial charge in [-0.2, -0.15) is 17.0 Å². The molecule has 0 unspecified atom stereocenters. The standard InChI is InChI=1S/C22H26ClN3O2S/c1-4-25(5-2)29(27,28)26-14-18(16-10-6-8-12-19(16)23)21-17-11-7-9-13-20(17)24-22(21)15(26)3/h6-13,15,18,24H,4-5,14H2,1-3H3/t15-,18+/m0/s1. The highest BCUT2D eigenvalue weighted by molar-refractivity contribution is 7.86. The SMILES string of the molecule is CCN(CC)S(=O)(=O)N1C[C@H](c2ccccc2Cl)c2c([nH]c3ccccc23)[C@@H]1C. The van der Waals surface area contributed by atoms with Gasteiger partial charge in [0, 0.05) is 47.2 Å². The van der Waals surface area contributed by atoms with Crippen molar-refractivity contribution in [1.29, 1.82) is 0 Å². The van der Waals surface area contributed by atoms with Gasteiger partial charge in [0.25, 0.3) is 10.2 Å². The second-order valence-electron chi connectivity index (χ2n) is 7.41. The predicted octanol–water partition coefficient (Wildman–Crippen LogP) is 4.92. The molecule has 2 aromatic carbocycles. The van der Waals surface area contributed by atoms with Gasteiger partial charge in [-0.05, 0) is 30.2 Å². The molecule has 0 bridgehead atoms. The Bertz CT molecular complexity index is 1140. The van der Waals surface area contributed by atoms with Crippen LogP contribution in [0.2, 0.25) is 5.02 Å². The van der Waals surface area contributed by atoms with E-state index in [-0.39, 0.29) is 12.0 Å². The van der Waals surface area contributed by atoms with Crippen LogP contribution in [-0.2, 0) is 10.2 Å². The summed E-state index contributed by atoms with van der Waals surface area (Å²) < 4.78 is 30.0. The molecule has 154 valence electrons. The number of H-pyrrole nitrogens is 1. The third-order valence-corrected chi connectivity index (χ3v) is 8.52. The smallest absolute Gasteiger partial charge is 0.282 e. The Balaban J connectivity index is 1.94. The maximum Gasteiger partial charge on any atom is 0.282 e. The second kappa shape index (κ2) is 7.76. The number of nitrogens with zero attached hydrogens (tertiary/aromatic N) is 2. The van der Waals surface area contributed by atoms with E-state index in [9.17, 15) is 8.42 Å². The van der Waals surface area contributed by atoms with Gasteiger partial charge in [-0.25, -0.2) is 0 Å². The zero-order chi connectivity index (χ0) is 20.8. The molecule has 0 saturated carbocycles. The molecule has 2 heterocycles. The lowest BCUT2D eigenvalue weighted by Gasteiger charge is -2.39. The minimum Gasteiger partial charge on any atom is -0.357 e. The zero-order valence-electron chi connectivity index (χ0n) is 16.9. The number of hydrogen-bond donors (Lipinski definition) is 1. The highest BCUT2D eigenvalue weighted by atomic mass is 35.5. The van der Waals surface area contributed by atoms with Gasteiger partial charge in [0.15, 0.2) is 0 Å². The third kappa shape index (κ3) is 3.28. The molecule has 4 rings (SSSR count). The molecular weight excluding hydrogens is 406 g/mol. The molecule has 0 spiro atoms. The van der Waals surface area contributed by atoms with E-state index in [1.165, 1.54) is 4.31 Å². The molecule has 0 amide bonds. The van der Waals surface area contributed by atoms with E-state index in [0.29, 0.717) is 24.7 Å². The average molecular weight is 432 g/mol. The van der Waals surface area contributed by atoms with Crippen LogP contribution < -0.4 is 0 Å². The maximum atomic E-state index is 13.5. The molecule has 29 heavy (non-hydrogen) atoms. The van der Waals surface area contributed by atoms with Crippen LogP contribution in [0.25, 0.3) is 10.9 Å². The summed E-state index contributed by atoms with van der Waals surface area (Å²) in [7, 11) is -3.60. The predicted molar refractivity (Wildman–Crippen MR) is 119 cm³/mol. The highest BCUT2D eigenvalue weighted by Gasteiger charge is 2.42. The number of hydrogen-bond acceptors (Lipinski definition) is 2. The van der Waals surface area contributed by atoms with Gasteiger partial charge in [0.1, 0.15) is 0 Å². The number of fused-ring (bicyclic) bond motifs is 3. The van der Waals surface area contributed by atoms with Gasteiger partial charge < -0.3 is 4.98 Å². The van der Waals surface area contributed by atoms with Crippen LogP contribution in [0.5, 0.6) is 0 Å². The molecule has 0 aliphatic carbocycles. The van der Waals surface area contributed by atoms with Gasteiger partial charge in [-0.1, -0.05) is 61.8 Å². The minimum absolute atomic E-state index is 0.142. The van der Waals surface area contributed by atoms with E-state index in [1.54, 1.807) is 4.31 Å². The van der Waals surface area contributed by atoms with Gasteiger partial charge >= 0.3 is 0 Å². The molecule has 1 aliphatic heterocycles. The fourth-order valence-corrected chi connectivity index (χ4v) is 6.53. The number of halogens is 1. The molecule has 0 radical (unpaired) electrons. The first kappa shape index (κ1) is 20.4. The summed E-state index contributed by atoms with van der Waals surface area (Å²) in [6, 6.07) is 15.6. The Labute approximate surface area is 177 Å². The van der Waals surface area contributed by atoms with Crippen molar-refractivity contribution >= 4 is 32.7 Å². The van der Waals surface area contributed by atoms with Crippen molar-refractivity contribution in [2.75, 3.05) is 19.6 Å². The quantitative estimate of drug-likeness (QED) is 0.623. The lowest BCUT2D eigenvalue weighted by atomic mass is 9.85. The summed E-state index contributed by atoms with van der Waals surface area (Å²) in [4.78, 5) is 3.49. The van der Waals surface area contributed by atoms with E-state index in [4.69, 9.17) is 11.6 Å². The van der Waals surface area contributed by atoms with Crippen LogP contribution >= 0.6 is 11.6 Å². The third-order valence-electron chi connectivity index (χ3n) is 5.95. The van der Waals surface area contributed by atoms with Crippen LogP contribution in [0.4, 0.5) is 0 Å². The maximum absolute atomic E-state index is 13.5. The molecule has 0 fully saturated rings. The number of rotatable bonds is 5. The van der Waals surface area contributed by atoms with Crippen LogP contribution in [0.3, 0.4) is 0 Å². The normalized spacial score (nSPS) is 20.3. The topological polar surface area (TPSA) is 56.4 Å². The Hall–Kier alpha value is -1.86. The summed E-state index contributed by atoms with van der Waals surface area (Å²) in [5.41, 5.74) is 4.06. The van der Waals surface area contributed by atoms with Crippen LogP contribution in [-0.4, -0.2) is 41.6 Å². The Morgan fingerprint density at radius 3 is 2.45 bits per heavy atom. The number of para-hydroxylation sites is 1. The Kier molecular flexibility index (Phi) is 5.46. The molecule has 1 aromatic heterocycles. The van der Waals surface area contributed by atoms with E-state index in [2.05, 4.69) is 11.1 Å². The number of aromatic amines is 1. The van der Waals surface area contributed by atoms with Gasteiger partial charge in [-0.15, -0.1) is 0 Å². The zero-order valence-corrected chi connectivity index (χ0v) is 18.5. The summed E-state index contributed by atoms with van der Waals surface area (Å²) >= 11 is 6.57. The first-order chi connectivity index (χ1) is 13.9. The molecule has 1 aliphatic rings. The molecule has 1 N–H and O–H groups in total. The van der Waals surface area contributed by atoms with Crippen molar-refractivity contribution < 1.29 is 8.42 Å². The van der Waals surface area contributed by atoms with Gasteiger partial charge in [0.2, 0.25) is 0 Å². The lowest BCUT2D eigenvalue weighted by Crippen LogP contribution is -2.48. The number of nitrogens with one attached hydrogen (secondary N) is 1. The fourth-order valence-electron chi connectivity index (χ4n) is 4.47. The summed E-state index contributed by atoms with van der Waals surface area (Å²) in [6.45, 7) is 6.94. The monoisotopic (exact) mass is 431 g/mol. The molecule has 3 aromatic rings. The lowest BCUT2D eigenvalue weighted by molar-refractivity contribution is 0.277. The average Bonchev–Trinajstić information content (AvgIpc) is 3.10. The van der Waals surface area contributed by atoms with Crippen LogP contribution in [0.1, 0.15) is 49.6 Å². The number of benzene rings is 2. The highest BCUT2D eigenvalue weighted by Crippen LogP contribution is 2.45. The largest absolute Gasteiger partial charge is 0.357 e. The summed E-state index contributed by atoms with van der Waals surface area (Å²) in [5.74, 6) is -0.142. The van der Waals surface area contributed by atoms with Crippen molar-refractivity contribution in [3.8, 4) is 0 Å². The molecule has 0 saturated heterocycles. The minimum atomic E-state index is -3.60. The Morgan fingerprint density at radius 2 is 1.76 bits per heavy atom. The van der Waals surface area contributed by atoms with Gasteiger partial charge in [0.05, 0.1) is 6.04 Å². The van der Waals surface area contributed by atoms with Crippen molar-refractivity contribution in [2.45, 2.75) is 32.7 Å². The van der Waals surface area contributed by atoms with Crippen LogP contribution in [0.15, 0.2) is 48.5 Å². The fraction of sp³-hybridized carbons (Fsp3) is 0.364. The summed E-state index contributed by atoms with van der Waals surface area (Å²) in [6.07, 6.45) is 0. The van der Waals surface area contributed by atoms with Gasteiger partial charge in [-0.3, -0.25) is 0 Å². The van der Waals surface area contributed by atoms with Crippen molar-refractivity contribution in [1.82, 2.24) is 13.6 Å². The van der Waals surface area contributed by atoms with Crippen molar-refractivity contribution in [3.05, 3.63) is 70.4 Å². The molecule has 2 atom stereocenters. The van der Waals surface area contributed by atoms with E-state index >= 15 is 0 Å². The Morgan fingerprint density at radius 1 is 1.10 bits per heavy atom. The van der Waals surface area contributed by atoms with E-state index in [1.807, 2.05) is 63.2 Å². The molecule has 7 heteroatoms. The van der Waals surface area contributed by atoms with E-state index < -0.39 is 10.2 Å². The van der Waals surface area contributed by atoms with Crippen molar-refractivity contribution in [3.63, 3.8) is 0 Å². The van der Waals surface area contributed by atoms with E-state index in [0.717, 1.165) is 27.7 Å². The molecule has 5 nitrogen and oxygen atoms in total. The second-order valence-corrected chi connectivity index (χ2v) is 9.70. The first-order valence-corrected chi connectivity index (χ1v) is 11.8. The van der Waals surface area contributed by atoms with Crippen LogP contribution in [0, 0.1) is 0 Å². The first-order valence-electron chi connectivity index (χ1n) is 10.0.